The molecule has 0 spiro atoms. The van der Waals surface area contributed by atoms with Crippen LogP contribution >= 0.6 is 0 Å². The number of alkyl halides is 5. The van der Waals surface area contributed by atoms with Gasteiger partial charge in [-0.15, -0.1) is 0 Å². The lowest BCUT2D eigenvalue weighted by atomic mass is 10.2. The highest BCUT2D eigenvalue weighted by atomic mass is 19.4. The topological polar surface area (TPSA) is 77.4 Å². The van der Waals surface area contributed by atoms with Gasteiger partial charge in [0.15, 0.2) is 5.82 Å². The Morgan fingerprint density at radius 2 is 1.96 bits per heavy atom. The molecule has 2 rings (SSSR count). The van der Waals surface area contributed by atoms with E-state index in [-0.39, 0.29) is 29.7 Å². The predicted molar refractivity (Wildman–Crippen MR) is 85.1 cm³/mol. The Morgan fingerprint density at radius 1 is 1.26 bits per heavy atom. The number of benzene rings is 1. The number of amides is 2. The largest absolute Gasteiger partial charge is 0.492 e. The molecule has 0 unspecified atom stereocenters. The van der Waals surface area contributed by atoms with Crippen LogP contribution in [0.4, 0.5) is 38.3 Å². The maximum absolute atomic E-state index is 12.9. The molecule has 148 valence electrons. The molecular formula is C15H15F5N4O3. The first-order valence-electron chi connectivity index (χ1n) is 7.51. The number of urea groups is 1. The first-order chi connectivity index (χ1) is 12.6. The zero-order chi connectivity index (χ0) is 20.2. The summed E-state index contributed by atoms with van der Waals surface area (Å²) in [6.45, 7) is -1.29. The van der Waals surface area contributed by atoms with E-state index in [0.717, 1.165) is 22.9 Å². The summed E-state index contributed by atoms with van der Waals surface area (Å²) in [5.74, 6) is -0.423. The van der Waals surface area contributed by atoms with Crippen LogP contribution < -0.4 is 20.1 Å². The van der Waals surface area contributed by atoms with Crippen molar-refractivity contribution >= 4 is 17.5 Å². The minimum Gasteiger partial charge on any atom is -0.492 e. The average Bonchev–Trinajstić information content (AvgIpc) is 2.86. The average molecular weight is 394 g/mol. The molecule has 1 aromatic heterocycles. The molecule has 0 fully saturated rings. The first-order valence-corrected chi connectivity index (χ1v) is 7.51. The summed E-state index contributed by atoms with van der Waals surface area (Å²) < 4.78 is 73.4. The SMILES string of the molecule is CCOc1ccc(C(F)(F)F)cc1NC(=O)Nc1cc(OC(F)F)n(C)n1. The summed E-state index contributed by atoms with van der Waals surface area (Å²) in [4.78, 5) is 12.0. The number of nitrogens with zero attached hydrogens (tertiary/aromatic N) is 2. The highest BCUT2D eigenvalue weighted by Gasteiger charge is 2.31. The Bertz CT molecular complexity index is 807. The highest BCUT2D eigenvalue weighted by molar-refractivity contribution is 6.00. The quantitative estimate of drug-likeness (QED) is 0.724. The molecule has 12 heteroatoms. The van der Waals surface area contributed by atoms with Crippen LogP contribution in [0.15, 0.2) is 24.3 Å². The maximum Gasteiger partial charge on any atom is 0.416 e. The summed E-state index contributed by atoms with van der Waals surface area (Å²) >= 11 is 0. The fourth-order valence-electron chi connectivity index (χ4n) is 2.07. The van der Waals surface area contributed by atoms with Crippen LogP contribution in [-0.2, 0) is 13.2 Å². The van der Waals surface area contributed by atoms with Crippen molar-refractivity contribution in [1.29, 1.82) is 0 Å². The Kier molecular flexibility index (Phi) is 6.08. The number of rotatable bonds is 6. The van der Waals surface area contributed by atoms with E-state index in [1.54, 1.807) is 6.92 Å². The van der Waals surface area contributed by atoms with Crippen LogP contribution in [0.1, 0.15) is 12.5 Å². The lowest BCUT2D eigenvalue weighted by Gasteiger charge is -2.14. The van der Waals surface area contributed by atoms with Gasteiger partial charge in [-0.2, -0.15) is 27.1 Å². The van der Waals surface area contributed by atoms with Crippen molar-refractivity contribution in [2.45, 2.75) is 19.7 Å². The monoisotopic (exact) mass is 394 g/mol. The zero-order valence-electron chi connectivity index (χ0n) is 14.1. The van der Waals surface area contributed by atoms with Gasteiger partial charge in [0.2, 0.25) is 5.88 Å². The van der Waals surface area contributed by atoms with Gasteiger partial charge in [0.1, 0.15) is 5.75 Å². The number of anilines is 2. The molecule has 0 radical (unpaired) electrons. The number of ether oxygens (including phenoxy) is 2. The Hall–Kier alpha value is -3.05. The summed E-state index contributed by atoms with van der Waals surface area (Å²) in [5.41, 5.74) is -1.20. The van der Waals surface area contributed by atoms with Crippen LogP contribution in [0.3, 0.4) is 0 Å². The van der Waals surface area contributed by atoms with Crippen molar-refractivity contribution in [2.24, 2.45) is 7.05 Å². The van der Waals surface area contributed by atoms with E-state index in [1.807, 2.05) is 0 Å². The molecule has 1 heterocycles. The van der Waals surface area contributed by atoms with Crippen LogP contribution in [0.2, 0.25) is 0 Å². The van der Waals surface area contributed by atoms with Gasteiger partial charge in [-0.1, -0.05) is 0 Å². The van der Waals surface area contributed by atoms with Gasteiger partial charge in [-0.3, -0.25) is 5.32 Å². The molecule has 27 heavy (non-hydrogen) atoms. The van der Waals surface area contributed by atoms with Crippen LogP contribution in [-0.4, -0.2) is 29.0 Å². The molecule has 0 bridgehead atoms. The van der Waals surface area contributed by atoms with Crippen molar-refractivity contribution in [3.8, 4) is 11.6 Å². The van der Waals surface area contributed by atoms with Crippen molar-refractivity contribution in [2.75, 3.05) is 17.2 Å². The second-order valence-electron chi connectivity index (χ2n) is 5.09. The molecular weight excluding hydrogens is 379 g/mol. The lowest BCUT2D eigenvalue weighted by Crippen LogP contribution is -2.21. The van der Waals surface area contributed by atoms with Gasteiger partial charge in [0.05, 0.1) is 17.9 Å². The third kappa shape index (κ3) is 5.46. The van der Waals surface area contributed by atoms with E-state index in [4.69, 9.17) is 4.74 Å². The van der Waals surface area contributed by atoms with Gasteiger partial charge in [0.25, 0.3) is 0 Å². The third-order valence-electron chi connectivity index (χ3n) is 3.14. The smallest absolute Gasteiger partial charge is 0.416 e. The Labute approximate surface area is 150 Å². The number of aromatic nitrogens is 2. The molecule has 0 saturated carbocycles. The van der Waals surface area contributed by atoms with Gasteiger partial charge >= 0.3 is 18.8 Å². The second kappa shape index (κ2) is 8.10. The van der Waals surface area contributed by atoms with Crippen molar-refractivity contribution in [1.82, 2.24) is 9.78 Å². The number of nitrogens with one attached hydrogen (secondary N) is 2. The van der Waals surface area contributed by atoms with Crippen LogP contribution in [0, 0.1) is 0 Å². The number of aryl methyl sites for hydroxylation is 1. The van der Waals surface area contributed by atoms with Gasteiger partial charge < -0.3 is 14.8 Å². The molecule has 0 atom stereocenters. The summed E-state index contributed by atoms with van der Waals surface area (Å²) in [6, 6.07) is 2.70. The van der Waals surface area contributed by atoms with Crippen molar-refractivity contribution in [3.05, 3.63) is 29.8 Å². The van der Waals surface area contributed by atoms with E-state index in [1.165, 1.54) is 7.05 Å². The Balaban J connectivity index is 2.17. The van der Waals surface area contributed by atoms with E-state index in [2.05, 4.69) is 20.5 Å². The van der Waals surface area contributed by atoms with E-state index < -0.39 is 24.4 Å². The van der Waals surface area contributed by atoms with Gasteiger partial charge in [0, 0.05) is 13.1 Å². The molecule has 7 nitrogen and oxygen atoms in total. The van der Waals surface area contributed by atoms with Gasteiger partial charge in [-0.25, -0.2) is 9.48 Å². The number of carbonyl (C=O) groups excluding carboxylic acids is 1. The fourth-order valence-corrected chi connectivity index (χ4v) is 2.07. The fraction of sp³-hybridized carbons (Fsp3) is 0.333. The van der Waals surface area contributed by atoms with Gasteiger partial charge in [-0.05, 0) is 25.1 Å². The van der Waals surface area contributed by atoms with Crippen LogP contribution in [0.25, 0.3) is 0 Å². The van der Waals surface area contributed by atoms with E-state index in [0.29, 0.717) is 6.07 Å². The molecule has 2 amide bonds. The normalized spacial score (nSPS) is 11.4. The molecule has 2 aromatic rings. The van der Waals surface area contributed by atoms with Crippen LogP contribution in [0.5, 0.6) is 11.6 Å². The standard InChI is InChI=1S/C15H15F5N4O3/c1-3-26-10-5-4-8(15(18,19)20)6-9(10)21-14(25)22-11-7-12(24(2)23-11)27-13(16)17/h4-7,13H,3H2,1-2H3,(H2,21,22,23,25). The molecule has 1 aromatic carbocycles. The minimum absolute atomic E-state index is 0.0309. The lowest BCUT2D eigenvalue weighted by molar-refractivity contribution is -0.137. The molecule has 0 saturated heterocycles. The van der Waals surface area contributed by atoms with E-state index >= 15 is 0 Å². The summed E-state index contributed by atoms with van der Waals surface area (Å²) in [5, 5.41) is 8.16. The first kappa shape index (κ1) is 20.3. The van der Waals surface area contributed by atoms with Crippen molar-refractivity contribution in [3.63, 3.8) is 0 Å². The number of hydrogen-bond donors (Lipinski definition) is 2. The maximum atomic E-state index is 12.9. The zero-order valence-corrected chi connectivity index (χ0v) is 14.1. The van der Waals surface area contributed by atoms with Crippen molar-refractivity contribution < 1.29 is 36.2 Å². The number of hydrogen-bond acceptors (Lipinski definition) is 4. The Morgan fingerprint density at radius 3 is 2.56 bits per heavy atom. The summed E-state index contributed by atoms with van der Waals surface area (Å²) in [6.07, 6.45) is -4.61. The molecule has 0 aliphatic rings. The summed E-state index contributed by atoms with van der Waals surface area (Å²) in [7, 11) is 1.31. The molecule has 0 aliphatic carbocycles. The molecule has 2 N–H and O–H groups in total. The minimum atomic E-state index is -4.61. The van der Waals surface area contributed by atoms with E-state index in [9.17, 15) is 26.7 Å². The highest BCUT2D eigenvalue weighted by Crippen LogP contribution is 2.35. The predicted octanol–water partition coefficient (Wildman–Crippen LogP) is 4.08. The molecule has 0 aliphatic heterocycles. The number of halogens is 5. The number of carbonyl (C=O) groups is 1. The third-order valence-corrected chi connectivity index (χ3v) is 3.14. The second-order valence-corrected chi connectivity index (χ2v) is 5.09.